The third-order valence-electron chi connectivity index (χ3n) is 8.00. The smallest absolute Gasteiger partial charge is 0.250 e. The molecule has 3 saturated heterocycles. The van der Waals surface area contributed by atoms with E-state index < -0.39 is 41.0 Å². The standard InChI is InChI=1S/C27H30ClN3O5/c1-15-8-7-11-18(28)21(15)30-24(34)22-27-13-12-26(3,36-27)19(20(27)25(35)31(22)16(2)14-32)23(33)29-17-9-5-4-6-10-17/h4-11,16,19-20,22,32H,12-14H2,1-3H3,(H,29,33)(H,30,34)/t16-,19-,20+,22?,26+,27?/m1/s1. The first-order valence-corrected chi connectivity index (χ1v) is 12.6. The predicted molar refractivity (Wildman–Crippen MR) is 136 cm³/mol. The van der Waals surface area contributed by atoms with Gasteiger partial charge < -0.3 is 25.4 Å². The Morgan fingerprint density at radius 2 is 1.86 bits per heavy atom. The van der Waals surface area contributed by atoms with Crippen LogP contribution in [-0.2, 0) is 19.1 Å². The Kier molecular flexibility index (Phi) is 6.09. The molecule has 6 atom stereocenters. The van der Waals surface area contributed by atoms with Gasteiger partial charge in [0, 0.05) is 5.69 Å². The molecular weight excluding hydrogens is 482 g/mol. The SMILES string of the molecule is Cc1cccc(Cl)c1NC(=O)C1N([C@H](C)CO)C(=O)[C@@H]2[C@H](C(=O)Nc3ccccc3)[C@]3(C)CCC12O3. The van der Waals surface area contributed by atoms with Crippen LogP contribution in [0.4, 0.5) is 11.4 Å². The lowest BCUT2D eigenvalue weighted by Gasteiger charge is -2.35. The van der Waals surface area contributed by atoms with Crippen molar-refractivity contribution >= 4 is 40.7 Å². The number of benzene rings is 2. The van der Waals surface area contributed by atoms with Crippen molar-refractivity contribution in [2.24, 2.45) is 11.8 Å². The van der Waals surface area contributed by atoms with Gasteiger partial charge in [0.15, 0.2) is 0 Å². The van der Waals surface area contributed by atoms with E-state index in [4.69, 9.17) is 16.3 Å². The van der Waals surface area contributed by atoms with Crippen molar-refractivity contribution < 1.29 is 24.2 Å². The van der Waals surface area contributed by atoms with E-state index in [0.717, 1.165) is 5.56 Å². The van der Waals surface area contributed by atoms with Crippen LogP contribution in [0.25, 0.3) is 0 Å². The van der Waals surface area contributed by atoms with Gasteiger partial charge in [-0.15, -0.1) is 0 Å². The lowest BCUT2D eigenvalue weighted by molar-refractivity contribution is -0.146. The number of aliphatic hydroxyl groups is 1. The Bertz CT molecular complexity index is 1200. The largest absolute Gasteiger partial charge is 0.394 e. The molecule has 2 bridgehead atoms. The van der Waals surface area contributed by atoms with Crippen LogP contribution >= 0.6 is 11.6 Å². The van der Waals surface area contributed by atoms with E-state index in [1.807, 2.05) is 38.1 Å². The van der Waals surface area contributed by atoms with Gasteiger partial charge in [-0.2, -0.15) is 0 Å². The summed E-state index contributed by atoms with van der Waals surface area (Å²) in [6, 6.07) is 12.7. The molecule has 5 rings (SSSR count). The summed E-state index contributed by atoms with van der Waals surface area (Å²) in [6.45, 7) is 5.03. The average molecular weight is 512 g/mol. The van der Waals surface area contributed by atoms with Crippen LogP contribution in [0.1, 0.15) is 32.3 Å². The molecule has 1 spiro atoms. The number of halogens is 1. The number of nitrogens with zero attached hydrogens (tertiary/aromatic N) is 1. The normalized spacial score (nSPS) is 31.3. The Hall–Kier alpha value is -2.94. The zero-order valence-corrected chi connectivity index (χ0v) is 21.2. The molecule has 2 aromatic rings. The first-order chi connectivity index (χ1) is 17.1. The Balaban J connectivity index is 1.54. The fraction of sp³-hybridized carbons (Fsp3) is 0.444. The zero-order chi connectivity index (χ0) is 25.8. The molecule has 9 heteroatoms. The number of ether oxygens (including phenoxy) is 1. The first-order valence-electron chi connectivity index (χ1n) is 12.2. The minimum atomic E-state index is -1.19. The van der Waals surface area contributed by atoms with E-state index in [1.54, 1.807) is 31.2 Å². The number of para-hydroxylation sites is 2. The van der Waals surface area contributed by atoms with E-state index in [0.29, 0.717) is 29.2 Å². The molecule has 3 fully saturated rings. The van der Waals surface area contributed by atoms with Crippen LogP contribution in [0, 0.1) is 18.8 Å². The molecule has 3 aliphatic heterocycles. The maximum atomic E-state index is 13.9. The van der Waals surface area contributed by atoms with Gasteiger partial charge in [0.25, 0.3) is 0 Å². The number of carbonyl (C=O) groups is 3. The van der Waals surface area contributed by atoms with E-state index in [1.165, 1.54) is 4.90 Å². The molecule has 8 nitrogen and oxygen atoms in total. The highest BCUT2D eigenvalue weighted by Crippen LogP contribution is 2.63. The van der Waals surface area contributed by atoms with Gasteiger partial charge in [-0.3, -0.25) is 14.4 Å². The second-order valence-electron chi connectivity index (χ2n) is 10.3. The first kappa shape index (κ1) is 24.7. The fourth-order valence-corrected chi connectivity index (χ4v) is 6.62. The molecule has 3 N–H and O–H groups in total. The summed E-state index contributed by atoms with van der Waals surface area (Å²) in [5.41, 5.74) is -0.220. The molecule has 2 aromatic carbocycles. The topological polar surface area (TPSA) is 108 Å². The third-order valence-corrected chi connectivity index (χ3v) is 8.31. The summed E-state index contributed by atoms with van der Waals surface area (Å²) in [7, 11) is 0. The molecule has 3 heterocycles. The minimum Gasteiger partial charge on any atom is -0.394 e. The van der Waals surface area contributed by atoms with Gasteiger partial charge >= 0.3 is 0 Å². The predicted octanol–water partition coefficient (Wildman–Crippen LogP) is 3.37. The van der Waals surface area contributed by atoms with E-state index in [2.05, 4.69) is 10.6 Å². The zero-order valence-electron chi connectivity index (χ0n) is 20.5. The van der Waals surface area contributed by atoms with Gasteiger partial charge in [0.2, 0.25) is 17.7 Å². The third kappa shape index (κ3) is 3.62. The minimum absolute atomic E-state index is 0.316. The molecule has 0 radical (unpaired) electrons. The van der Waals surface area contributed by atoms with E-state index in [9.17, 15) is 19.5 Å². The Labute approximate surface area is 215 Å². The van der Waals surface area contributed by atoms with Gasteiger partial charge in [0.05, 0.1) is 40.8 Å². The van der Waals surface area contributed by atoms with Crippen LogP contribution in [0.2, 0.25) is 5.02 Å². The molecule has 36 heavy (non-hydrogen) atoms. The fourth-order valence-electron chi connectivity index (χ4n) is 6.35. The second kappa shape index (κ2) is 8.87. The van der Waals surface area contributed by atoms with Crippen molar-refractivity contribution in [1.29, 1.82) is 0 Å². The highest BCUT2D eigenvalue weighted by atomic mass is 35.5. The average Bonchev–Trinajstić information content (AvgIpc) is 3.42. The van der Waals surface area contributed by atoms with E-state index in [-0.39, 0.29) is 18.4 Å². The molecule has 3 amide bonds. The molecule has 190 valence electrons. The number of hydrogen-bond donors (Lipinski definition) is 3. The van der Waals surface area contributed by atoms with Crippen LogP contribution in [0.15, 0.2) is 48.5 Å². The number of anilines is 2. The van der Waals surface area contributed by atoms with Gasteiger partial charge in [0.1, 0.15) is 11.6 Å². The lowest BCUT2D eigenvalue weighted by Crippen LogP contribution is -2.56. The number of hydrogen-bond acceptors (Lipinski definition) is 5. The summed E-state index contributed by atoms with van der Waals surface area (Å²) < 4.78 is 6.57. The van der Waals surface area contributed by atoms with Gasteiger partial charge in [-0.05, 0) is 57.4 Å². The summed E-state index contributed by atoms with van der Waals surface area (Å²) in [5, 5.41) is 16.2. The summed E-state index contributed by atoms with van der Waals surface area (Å²) in [6.07, 6.45) is 0.975. The number of likely N-dealkylation sites (tertiary alicyclic amines) is 1. The monoisotopic (exact) mass is 511 g/mol. The number of amides is 3. The molecule has 0 aromatic heterocycles. The molecule has 2 unspecified atom stereocenters. The highest BCUT2D eigenvalue weighted by molar-refractivity contribution is 6.34. The lowest BCUT2D eigenvalue weighted by atomic mass is 9.66. The van der Waals surface area contributed by atoms with E-state index >= 15 is 0 Å². The van der Waals surface area contributed by atoms with Crippen molar-refractivity contribution in [3.05, 3.63) is 59.1 Å². The van der Waals surface area contributed by atoms with Crippen molar-refractivity contribution in [2.75, 3.05) is 17.2 Å². The van der Waals surface area contributed by atoms with Crippen molar-refractivity contribution in [3.8, 4) is 0 Å². The molecule has 0 aliphatic carbocycles. The van der Waals surface area contributed by atoms with Crippen LogP contribution in [0.5, 0.6) is 0 Å². The number of aliphatic hydroxyl groups excluding tert-OH is 1. The molecule has 0 saturated carbocycles. The maximum absolute atomic E-state index is 13.9. The quantitative estimate of drug-likeness (QED) is 0.551. The maximum Gasteiger partial charge on any atom is 0.250 e. The van der Waals surface area contributed by atoms with Crippen molar-refractivity contribution in [3.63, 3.8) is 0 Å². The molecular formula is C27H30ClN3O5. The number of fused-ring (bicyclic) bond motifs is 1. The van der Waals surface area contributed by atoms with Crippen molar-refractivity contribution in [1.82, 2.24) is 4.90 Å². The summed E-state index contributed by atoms with van der Waals surface area (Å²) in [5.74, 6) is -2.76. The summed E-state index contributed by atoms with van der Waals surface area (Å²) in [4.78, 5) is 42.8. The number of nitrogens with one attached hydrogen (secondary N) is 2. The van der Waals surface area contributed by atoms with Gasteiger partial charge in [-0.1, -0.05) is 41.9 Å². The number of carbonyl (C=O) groups excluding carboxylic acids is 3. The Morgan fingerprint density at radius 3 is 2.53 bits per heavy atom. The van der Waals surface area contributed by atoms with Crippen molar-refractivity contribution in [2.45, 2.75) is 56.9 Å². The molecule has 3 aliphatic rings. The second-order valence-corrected chi connectivity index (χ2v) is 10.7. The summed E-state index contributed by atoms with van der Waals surface area (Å²) >= 11 is 6.37. The van der Waals surface area contributed by atoms with Crippen LogP contribution in [0.3, 0.4) is 0 Å². The van der Waals surface area contributed by atoms with Crippen LogP contribution in [-0.4, -0.2) is 57.6 Å². The van der Waals surface area contributed by atoms with Crippen LogP contribution < -0.4 is 10.6 Å². The number of rotatable bonds is 6. The van der Waals surface area contributed by atoms with Gasteiger partial charge in [-0.25, -0.2) is 0 Å². The Morgan fingerprint density at radius 1 is 1.14 bits per heavy atom. The number of aryl methyl sites for hydroxylation is 1. The highest BCUT2D eigenvalue weighted by Gasteiger charge is 2.78.